The van der Waals surface area contributed by atoms with Gasteiger partial charge in [-0.2, -0.15) is 0 Å². The van der Waals surface area contributed by atoms with Crippen molar-refractivity contribution < 1.29 is 14.6 Å². The fourth-order valence-electron chi connectivity index (χ4n) is 4.23. The molecule has 0 aliphatic carbocycles. The molecule has 6 heteroatoms. The van der Waals surface area contributed by atoms with Crippen LogP contribution in [0.3, 0.4) is 0 Å². The molecule has 33 heavy (non-hydrogen) atoms. The topological polar surface area (TPSA) is 54.0 Å². The molecule has 1 aliphatic heterocycles. The number of anilines is 1. The Bertz CT molecular complexity index is 1090. The summed E-state index contributed by atoms with van der Waals surface area (Å²) in [6.07, 6.45) is 1.41. The lowest BCUT2D eigenvalue weighted by Gasteiger charge is -2.39. The molecule has 0 saturated carbocycles. The fourth-order valence-corrected chi connectivity index (χ4v) is 4.56. The summed E-state index contributed by atoms with van der Waals surface area (Å²) < 4.78 is 11.8. The summed E-state index contributed by atoms with van der Waals surface area (Å²) >= 11 is 5.78. The third kappa shape index (κ3) is 5.46. The van der Waals surface area contributed by atoms with Crippen molar-refractivity contribution in [2.24, 2.45) is 0 Å². The summed E-state index contributed by atoms with van der Waals surface area (Å²) in [6, 6.07) is 22.3. The van der Waals surface area contributed by atoms with Crippen LogP contribution in [-0.4, -0.2) is 35.4 Å². The van der Waals surface area contributed by atoms with Crippen LogP contribution in [0.1, 0.15) is 34.7 Å². The highest BCUT2D eigenvalue weighted by Gasteiger charge is 2.30. The average molecular weight is 463 g/mol. The molecule has 0 aromatic heterocycles. The van der Waals surface area contributed by atoms with E-state index in [0.29, 0.717) is 23.9 Å². The first kappa shape index (κ1) is 23.1. The number of methoxy groups -OCH3 is 1. The third-order valence-corrected chi connectivity index (χ3v) is 6.32. The van der Waals surface area contributed by atoms with Gasteiger partial charge in [0.1, 0.15) is 6.61 Å². The van der Waals surface area contributed by atoms with Crippen LogP contribution in [0.4, 0.5) is 5.69 Å². The minimum absolute atomic E-state index is 0.0471. The van der Waals surface area contributed by atoms with E-state index >= 15 is 0 Å². The van der Waals surface area contributed by atoms with Crippen LogP contribution in [0.5, 0.6) is 11.5 Å². The molecule has 4 rings (SSSR count). The Morgan fingerprint density at radius 2 is 1.85 bits per heavy atom. The number of aliphatic hydroxyl groups is 1. The number of rotatable bonds is 7. The number of fused-ring (bicyclic) bond motifs is 1. The van der Waals surface area contributed by atoms with E-state index in [1.165, 1.54) is 11.1 Å². The summed E-state index contributed by atoms with van der Waals surface area (Å²) in [6.45, 7) is 3.35. The van der Waals surface area contributed by atoms with Crippen LogP contribution in [0, 0.1) is 6.92 Å². The quantitative estimate of drug-likeness (QED) is 0.467. The van der Waals surface area contributed by atoms with Crippen molar-refractivity contribution in [2.75, 3.05) is 25.6 Å². The van der Waals surface area contributed by atoms with Crippen LogP contribution in [0.25, 0.3) is 0 Å². The highest BCUT2D eigenvalue weighted by atomic mass is 32.1. The molecular formula is C27H30N2O3S. The molecule has 0 bridgehead atoms. The van der Waals surface area contributed by atoms with Gasteiger partial charge in [-0.25, -0.2) is 0 Å². The zero-order valence-electron chi connectivity index (χ0n) is 19.1. The third-order valence-electron chi connectivity index (χ3n) is 5.99. The first-order valence-electron chi connectivity index (χ1n) is 11.2. The van der Waals surface area contributed by atoms with Crippen molar-refractivity contribution >= 4 is 23.0 Å². The van der Waals surface area contributed by atoms with Crippen molar-refractivity contribution in [2.45, 2.75) is 32.4 Å². The SMILES string of the molecule is COc1cc2c(cc1OCc1ccccc1)C(CCO)N(C(=S)Nc1ccc(C)cc1)CC2. The van der Waals surface area contributed by atoms with Crippen molar-refractivity contribution in [3.05, 3.63) is 89.0 Å². The number of hydrogen-bond acceptors (Lipinski definition) is 4. The van der Waals surface area contributed by atoms with Gasteiger partial charge in [-0.15, -0.1) is 0 Å². The lowest BCUT2D eigenvalue weighted by Crippen LogP contribution is -2.42. The molecule has 0 amide bonds. The number of hydrogen-bond donors (Lipinski definition) is 2. The van der Waals surface area contributed by atoms with Crippen LogP contribution < -0.4 is 14.8 Å². The van der Waals surface area contributed by atoms with Gasteiger partial charge in [-0.3, -0.25) is 0 Å². The molecule has 1 aliphatic rings. The maximum absolute atomic E-state index is 9.84. The Morgan fingerprint density at radius 3 is 2.55 bits per heavy atom. The van der Waals surface area contributed by atoms with E-state index in [0.717, 1.165) is 35.5 Å². The molecule has 1 unspecified atom stereocenters. The van der Waals surface area contributed by atoms with Gasteiger partial charge in [0.15, 0.2) is 16.6 Å². The van der Waals surface area contributed by atoms with Gasteiger partial charge in [0.2, 0.25) is 0 Å². The smallest absolute Gasteiger partial charge is 0.173 e. The largest absolute Gasteiger partial charge is 0.493 e. The van der Waals surface area contributed by atoms with E-state index in [9.17, 15) is 5.11 Å². The van der Waals surface area contributed by atoms with Gasteiger partial charge in [0.25, 0.3) is 0 Å². The minimum Gasteiger partial charge on any atom is -0.493 e. The second-order valence-electron chi connectivity index (χ2n) is 8.24. The Labute approximate surface area is 201 Å². The molecule has 1 heterocycles. The second kappa shape index (κ2) is 10.7. The van der Waals surface area contributed by atoms with Crippen LogP contribution in [-0.2, 0) is 13.0 Å². The number of ether oxygens (including phenoxy) is 2. The lowest BCUT2D eigenvalue weighted by molar-refractivity contribution is 0.212. The summed E-state index contributed by atoms with van der Waals surface area (Å²) in [5, 5.41) is 13.9. The van der Waals surface area contributed by atoms with Crippen molar-refractivity contribution in [1.82, 2.24) is 4.90 Å². The Balaban J connectivity index is 1.59. The molecule has 1 atom stereocenters. The lowest BCUT2D eigenvalue weighted by atomic mass is 9.90. The van der Waals surface area contributed by atoms with E-state index in [4.69, 9.17) is 21.7 Å². The molecule has 2 N–H and O–H groups in total. The summed E-state index contributed by atoms with van der Waals surface area (Å²) in [4.78, 5) is 2.17. The molecular weight excluding hydrogens is 432 g/mol. The van der Waals surface area contributed by atoms with Crippen molar-refractivity contribution in [1.29, 1.82) is 0 Å². The predicted molar refractivity (Wildman–Crippen MR) is 136 cm³/mol. The Kier molecular flexibility index (Phi) is 7.47. The Morgan fingerprint density at radius 1 is 1.09 bits per heavy atom. The van der Waals surface area contributed by atoms with E-state index in [-0.39, 0.29) is 12.6 Å². The first-order valence-corrected chi connectivity index (χ1v) is 11.6. The standard InChI is InChI=1S/C27H30N2O3S/c1-19-8-10-22(11-9-19)28-27(33)29-14-12-21-16-25(31-2)26(17-23(21)24(29)13-15-30)32-18-20-6-4-3-5-7-20/h3-11,16-17,24,30H,12-15,18H2,1-2H3,(H,28,33). The number of aliphatic hydroxyl groups excluding tert-OH is 1. The molecule has 172 valence electrons. The Hall–Kier alpha value is -3.09. The minimum atomic E-state index is -0.0471. The molecule has 3 aromatic carbocycles. The van der Waals surface area contributed by atoms with Gasteiger partial charge < -0.3 is 24.8 Å². The van der Waals surface area contributed by atoms with Gasteiger partial charge in [-0.1, -0.05) is 48.0 Å². The summed E-state index contributed by atoms with van der Waals surface area (Å²) in [5.74, 6) is 1.42. The molecule has 3 aromatic rings. The normalized spacial score (nSPS) is 15.0. The molecule has 5 nitrogen and oxygen atoms in total. The second-order valence-corrected chi connectivity index (χ2v) is 8.63. The zero-order valence-corrected chi connectivity index (χ0v) is 19.9. The average Bonchev–Trinajstić information content (AvgIpc) is 2.84. The first-order chi connectivity index (χ1) is 16.1. The molecule has 0 fully saturated rings. The maximum atomic E-state index is 9.84. The fraction of sp³-hybridized carbons (Fsp3) is 0.296. The van der Waals surface area contributed by atoms with E-state index in [2.05, 4.69) is 41.4 Å². The highest BCUT2D eigenvalue weighted by molar-refractivity contribution is 7.80. The maximum Gasteiger partial charge on any atom is 0.173 e. The van der Waals surface area contributed by atoms with E-state index < -0.39 is 0 Å². The number of aryl methyl sites for hydroxylation is 1. The molecule has 0 radical (unpaired) electrons. The number of nitrogens with one attached hydrogen (secondary N) is 1. The number of benzene rings is 3. The molecule has 0 spiro atoms. The van der Waals surface area contributed by atoms with Crippen molar-refractivity contribution in [3.63, 3.8) is 0 Å². The van der Waals surface area contributed by atoms with E-state index in [1.54, 1.807) is 7.11 Å². The van der Waals surface area contributed by atoms with Crippen LogP contribution in [0.2, 0.25) is 0 Å². The van der Waals surface area contributed by atoms with Gasteiger partial charge >= 0.3 is 0 Å². The summed E-state index contributed by atoms with van der Waals surface area (Å²) in [7, 11) is 1.66. The van der Waals surface area contributed by atoms with E-state index in [1.807, 2.05) is 42.5 Å². The predicted octanol–water partition coefficient (Wildman–Crippen LogP) is 5.26. The van der Waals surface area contributed by atoms with Crippen LogP contribution >= 0.6 is 12.2 Å². The van der Waals surface area contributed by atoms with Crippen LogP contribution in [0.15, 0.2) is 66.7 Å². The van der Waals surface area contributed by atoms with Gasteiger partial charge in [0.05, 0.1) is 13.2 Å². The number of thiocarbonyl (C=S) groups is 1. The number of nitrogens with zero attached hydrogens (tertiary/aromatic N) is 1. The zero-order chi connectivity index (χ0) is 23.2. The van der Waals surface area contributed by atoms with Gasteiger partial charge in [-0.05, 0) is 72.9 Å². The van der Waals surface area contributed by atoms with Gasteiger partial charge in [0, 0.05) is 18.8 Å². The highest BCUT2D eigenvalue weighted by Crippen LogP contribution is 2.40. The monoisotopic (exact) mass is 462 g/mol. The van der Waals surface area contributed by atoms with Crippen molar-refractivity contribution in [3.8, 4) is 11.5 Å². The summed E-state index contributed by atoms with van der Waals surface area (Å²) in [5.41, 5.74) is 5.57. The molecule has 0 saturated heterocycles.